The highest BCUT2D eigenvalue weighted by Crippen LogP contribution is 2.32. The molecule has 1 heterocycles. The molecule has 0 N–H and O–H groups in total. The molecule has 0 atom stereocenters. The van der Waals surface area contributed by atoms with E-state index >= 15 is 0 Å². The summed E-state index contributed by atoms with van der Waals surface area (Å²) in [4.78, 5) is 23.4. The zero-order valence-electron chi connectivity index (χ0n) is 6.82. The number of imide groups is 1. The molecule has 2 aliphatic rings. The molecule has 3 heteroatoms. The van der Waals surface area contributed by atoms with Crippen molar-refractivity contribution < 1.29 is 9.59 Å². The Morgan fingerprint density at radius 1 is 1.25 bits per heavy atom. The van der Waals surface area contributed by atoms with Gasteiger partial charge >= 0.3 is 0 Å². The molecule has 2 rings (SSSR count). The summed E-state index contributed by atoms with van der Waals surface area (Å²) in [6, 6.07) is 0. The Balaban J connectivity index is 1.85. The van der Waals surface area contributed by atoms with Crippen LogP contribution in [0.25, 0.3) is 0 Å². The Morgan fingerprint density at radius 3 is 2.33 bits per heavy atom. The summed E-state index contributed by atoms with van der Waals surface area (Å²) in [5.74, 6) is 0.465. The van der Waals surface area contributed by atoms with Crippen LogP contribution in [0.1, 0.15) is 19.3 Å². The SMILES string of the molecule is O=C1C=CC(=O)N1CCC1CC1. The maximum absolute atomic E-state index is 11.0. The van der Waals surface area contributed by atoms with Gasteiger partial charge in [-0.15, -0.1) is 0 Å². The first-order valence-corrected chi connectivity index (χ1v) is 4.31. The third kappa shape index (κ3) is 1.40. The summed E-state index contributed by atoms with van der Waals surface area (Å²) >= 11 is 0. The van der Waals surface area contributed by atoms with E-state index in [1.807, 2.05) is 0 Å². The maximum atomic E-state index is 11.0. The van der Waals surface area contributed by atoms with Gasteiger partial charge in [-0.2, -0.15) is 0 Å². The fourth-order valence-electron chi connectivity index (χ4n) is 1.37. The lowest BCUT2D eigenvalue weighted by Gasteiger charge is -2.12. The van der Waals surface area contributed by atoms with Crippen molar-refractivity contribution in [1.82, 2.24) is 4.90 Å². The monoisotopic (exact) mass is 165 g/mol. The van der Waals surface area contributed by atoms with E-state index in [9.17, 15) is 9.59 Å². The van der Waals surface area contributed by atoms with Crippen LogP contribution in [0.3, 0.4) is 0 Å². The topological polar surface area (TPSA) is 37.4 Å². The Hall–Kier alpha value is -1.12. The molecule has 0 unspecified atom stereocenters. The van der Waals surface area contributed by atoms with Crippen molar-refractivity contribution in [2.75, 3.05) is 6.54 Å². The number of carbonyl (C=O) groups excluding carboxylic acids is 2. The van der Waals surface area contributed by atoms with Crippen LogP contribution in [0.4, 0.5) is 0 Å². The van der Waals surface area contributed by atoms with Gasteiger partial charge in [-0.25, -0.2) is 0 Å². The summed E-state index contributed by atoms with van der Waals surface area (Å²) < 4.78 is 0. The summed E-state index contributed by atoms with van der Waals surface area (Å²) in [6.45, 7) is 0.606. The first kappa shape index (κ1) is 7.53. The highest BCUT2D eigenvalue weighted by Gasteiger charge is 2.27. The zero-order valence-corrected chi connectivity index (χ0v) is 6.82. The van der Waals surface area contributed by atoms with Crippen LogP contribution in [-0.2, 0) is 9.59 Å². The van der Waals surface area contributed by atoms with E-state index in [0.717, 1.165) is 12.3 Å². The van der Waals surface area contributed by atoms with Crippen LogP contribution >= 0.6 is 0 Å². The average molecular weight is 165 g/mol. The van der Waals surface area contributed by atoms with Gasteiger partial charge in [0.25, 0.3) is 11.8 Å². The van der Waals surface area contributed by atoms with Crippen molar-refractivity contribution in [3.05, 3.63) is 12.2 Å². The zero-order chi connectivity index (χ0) is 8.55. The van der Waals surface area contributed by atoms with Gasteiger partial charge in [-0.3, -0.25) is 14.5 Å². The smallest absolute Gasteiger partial charge is 0.253 e. The van der Waals surface area contributed by atoms with Crippen molar-refractivity contribution in [2.45, 2.75) is 19.3 Å². The van der Waals surface area contributed by atoms with E-state index in [2.05, 4.69) is 0 Å². The van der Waals surface area contributed by atoms with Gasteiger partial charge in [0.1, 0.15) is 0 Å². The largest absolute Gasteiger partial charge is 0.275 e. The molecule has 0 radical (unpaired) electrons. The molecular formula is C9H11NO2. The second-order valence-electron chi connectivity index (χ2n) is 3.39. The molecule has 0 bridgehead atoms. The van der Waals surface area contributed by atoms with Gasteiger partial charge < -0.3 is 0 Å². The second kappa shape index (κ2) is 2.73. The highest BCUT2D eigenvalue weighted by molar-refractivity contribution is 6.12. The molecule has 12 heavy (non-hydrogen) atoms. The third-order valence-corrected chi connectivity index (χ3v) is 2.36. The minimum absolute atomic E-state index is 0.152. The molecule has 1 fully saturated rings. The lowest BCUT2D eigenvalue weighted by atomic mass is 10.3. The van der Waals surface area contributed by atoms with Crippen LogP contribution in [-0.4, -0.2) is 23.3 Å². The fraction of sp³-hybridized carbons (Fsp3) is 0.556. The molecule has 0 aromatic carbocycles. The van der Waals surface area contributed by atoms with Crippen LogP contribution in [0, 0.1) is 5.92 Å². The number of nitrogens with zero attached hydrogens (tertiary/aromatic N) is 1. The van der Waals surface area contributed by atoms with E-state index in [1.54, 1.807) is 0 Å². The molecule has 0 spiro atoms. The van der Waals surface area contributed by atoms with Gasteiger partial charge in [0, 0.05) is 18.7 Å². The maximum Gasteiger partial charge on any atom is 0.253 e. The molecule has 0 aromatic rings. The first-order valence-electron chi connectivity index (χ1n) is 4.31. The number of hydrogen-bond acceptors (Lipinski definition) is 2. The summed E-state index contributed by atoms with van der Waals surface area (Å²) in [6.07, 6.45) is 6.21. The molecule has 1 aliphatic carbocycles. The predicted molar refractivity (Wildman–Crippen MR) is 43.2 cm³/mol. The van der Waals surface area contributed by atoms with Gasteiger partial charge in [-0.1, -0.05) is 12.8 Å². The Kier molecular flexibility index (Phi) is 1.71. The van der Waals surface area contributed by atoms with Gasteiger partial charge in [-0.05, 0) is 12.3 Å². The third-order valence-electron chi connectivity index (χ3n) is 2.36. The number of carbonyl (C=O) groups is 2. The number of amides is 2. The minimum Gasteiger partial charge on any atom is -0.275 e. The summed E-state index contributed by atoms with van der Waals surface area (Å²) in [5, 5.41) is 0. The predicted octanol–water partition coefficient (Wildman–Crippen LogP) is 0.711. The van der Waals surface area contributed by atoms with Crippen molar-refractivity contribution in [2.24, 2.45) is 5.92 Å². The molecule has 3 nitrogen and oxygen atoms in total. The standard InChI is InChI=1S/C9H11NO2/c11-8-3-4-9(12)10(8)6-5-7-1-2-7/h3-4,7H,1-2,5-6H2. The van der Waals surface area contributed by atoms with Gasteiger partial charge in [0.15, 0.2) is 0 Å². The second-order valence-corrected chi connectivity index (χ2v) is 3.39. The van der Waals surface area contributed by atoms with E-state index in [4.69, 9.17) is 0 Å². The quantitative estimate of drug-likeness (QED) is 0.577. The molecule has 0 saturated heterocycles. The fourth-order valence-corrected chi connectivity index (χ4v) is 1.37. The average Bonchev–Trinajstić information content (AvgIpc) is 2.80. The molecule has 1 saturated carbocycles. The van der Waals surface area contributed by atoms with E-state index < -0.39 is 0 Å². The van der Waals surface area contributed by atoms with Crippen molar-refractivity contribution in [3.8, 4) is 0 Å². The number of hydrogen-bond donors (Lipinski definition) is 0. The normalized spacial score (nSPS) is 22.5. The molecule has 64 valence electrons. The first-order chi connectivity index (χ1) is 5.77. The van der Waals surface area contributed by atoms with Crippen LogP contribution in [0.15, 0.2) is 12.2 Å². The summed E-state index contributed by atoms with van der Waals surface area (Å²) in [7, 11) is 0. The lowest BCUT2D eigenvalue weighted by Crippen LogP contribution is -2.31. The molecular weight excluding hydrogens is 154 g/mol. The Labute approximate surface area is 71.0 Å². The van der Waals surface area contributed by atoms with E-state index in [1.165, 1.54) is 29.9 Å². The minimum atomic E-state index is -0.152. The van der Waals surface area contributed by atoms with Crippen LogP contribution in [0.5, 0.6) is 0 Å². The van der Waals surface area contributed by atoms with Gasteiger partial charge in [0.2, 0.25) is 0 Å². The van der Waals surface area contributed by atoms with Gasteiger partial charge in [0.05, 0.1) is 0 Å². The van der Waals surface area contributed by atoms with E-state index in [0.29, 0.717) is 6.54 Å². The van der Waals surface area contributed by atoms with Crippen molar-refractivity contribution >= 4 is 11.8 Å². The summed E-state index contributed by atoms with van der Waals surface area (Å²) in [5.41, 5.74) is 0. The van der Waals surface area contributed by atoms with Crippen molar-refractivity contribution in [1.29, 1.82) is 0 Å². The molecule has 0 aromatic heterocycles. The molecule has 2 amide bonds. The van der Waals surface area contributed by atoms with Crippen LogP contribution < -0.4 is 0 Å². The Bertz CT molecular complexity index is 235. The Morgan fingerprint density at radius 2 is 1.83 bits per heavy atom. The molecule has 1 aliphatic heterocycles. The number of rotatable bonds is 3. The van der Waals surface area contributed by atoms with Crippen molar-refractivity contribution in [3.63, 3.8) is 0 Å². The van der Waals surface area contributed by atoms with Crippen LogP contribution in [0.2, 0.25) is 0 Å². The lowest BCUT2D eigenvalue weighted by molar-refractivity contribution is -0.136. The van der Waals surface area contributed by atoms with E-state index in [-0.39, 0.29) is 11.8 Å². The highest BCUT2D eigenvalue weighted by atomic mass is 16.2.